The highest BCUT2D eigenvalue weighted by atomic mass is 79.9. The van der Waals surface area contributed by atoms with Crippen molar-refractivity contribution in [3.05, 3.63) is 44.9 Å². The van der Waals surface area contributed by atoms with Crippen LogP contribution < -0.4 is 0 Å². The van der Waals surface area contributed by atoms with E-state index in [4.69, 9.17) is 9.47 Å². The Balaban J connectivity index is 1.92. The van der Waals surface area contributed by atoms with Crippen molar-refractivity contribution in [1.82, 2.24) is 0 Å². The molecular weight excluding hydrogens is 464 g/mol. The Hall–Kier alpha value is -1.14. The van der Waals surface area contributed by atoms with Gasteiger partial charge in [-0.1, -0.05) is 45.4 Å². The molecule has 0 amide bonds. The van der Waals surface area contributed by atoms with Gasteiger partial charge < -0.3 is 9.47 Å². The third kappa shape index (κ3) is 5.43. The summed E-state index contributed by atoms with van der Waals surface area (Å²) in [5, 5.41) is 0. The third-order valence-corrected chi connectivity index (χ3v) is 5.27. The maximum Gasteiger partial charge on any atom is 0.338 e. The number of unbranched alkanes of at least 4 members (excludes halogenated alkanes) is 1. The van der Waals surface area contributed by atoms with E-state index in [0.717, 1.165) is 21.8 Å². The largest absolute Gasteiger partial charge is 0.462 e. The molecule has 1 aliphatic rings. The van der Waals surface area contributed by atoms with E-state index in [2.05, 4.69) is 45.7 Å². The summed E-state index contributed by atoms with van der Waals surface area (Å²) < 4.78 is 11.5. The van der Waals surface area contributed by atoms with Crippen LogP contribution in [0.25, 0.3) is 0 Å². The summed E-state index contributed by atoms with van der Waals surface area (Å²) in [6, 6.07) is 7.03. The van der Waals surface area contributed by atoms with Gasteiger partial charge in [0.25, 0.3) is 0 Å². The molecule has 6 heteroatoms. The second-order valence-corrected chi connectivity index (χ2v) is 9.85. The molecule has 1 fully saturated rings. The van der Waals surface area contributed by atoms with E-state index < -0.39 is 0 Å². The summed E-state index contributed by atoms with van der Waals surface area (Å²) in [6.45, 7) is 6.71. The number of halogens is 2. The van der Waals surface area contributed by atoms with Crippen LogP contribution in [-0.4, -0.2) is 18.5 Å². The molecule has 0 radical (unpaired) electrons. The number of benzene rings is 1. The second kappa shape index (κ2) is 9.18. The Kier molecular flexibility index (Phi) is 7.47. The maximum absolute atomic E-state index is 12.4. The Morgan fingerprint density at radius 1 is 1.23 bits per heavy atom. The van der Waals surface area contributed by atoms with Crippen molar-refractivity contribution >= 4 is 43.8 Å². The molecule has 1 saturated carbocycles. The summed E-state index contributed by atoms with van der Waals surface area (Å²) in [6.07, 6.45) is 3.81. The summed E-state index contributed by atoms with van der Waals surface area (Å²) in [4.78, 5) is 24.4. The standard InChI is InChI=1S/C20H24Br2O4/c1-4-5-9-25-18(23)14-8-6-7-13(10-14)12-26-19(24)17-15(11-16(21)22)20(17,2)3/h6-8,10-11,15,17H,4-5,9,12H2,1-3H3/t15-,17-/m0/s1. The molecule has 0 unspecified atom stereocenters. The second-order valence-electron chi connectivity index (χ2n) is 7.08. The van der Waals surface area contributed by atoms with Crippen LogP contribution in [0.4, 0.5) is 0 Å². The first-order chi connectivity index (χ1) is 12.3. The SMILES string of the molecule is CCCCOC(=O)c1cccc(COC(=O)[C@@H]2[C@H](C=C(Br)Br)C2(C)C)c1. The van der Waals surface area contributed by atoms with E-state index in [1.165, 1.54) is 0 Å². The van der Waals surface area contributed by atoms with Gasteiger partial charge in [-0.25, -0.2) is 4.79 Å². The summed E-state index contributed by atoms with van der Waals surface area (Å²) in [5.41, 5.74) is 1.13. The maximum atomic E-state index is 12.4. The number of allylic oxidation sites excluding steroid dienone is 1. The third-order valence-electron chi connectivity index (χ3n) is 4.74. The molecule has 0 aromatic heterocycles. The molecule has 2 rings (SSSR count). The number of rotatable bonds is 8. The minimum absolute atomic E-state index is 0.116. The fourth-order valence-electron chi connectivity index (χ4n) is 3.00. The Morgan fingerprint density at radius 3 is 2.62 bits per heavy atom. The lowest BCUT2D eigenvalue weighted by molar-refractivity contribution is -0.147. The van der Waals surface area contributed by atoms with Crippen LogP contribution in [0.5, 0.6) is 0 Å². The van der Waals surface area contributed by atoms with Gasteiger partial charge in [0.15, 0.2) is 0 Å². The zero-order chi connectivity index (χ0) is 19.3. The molecule has 0 saturated heterocycles. The quantitative estimate of drug-likeness (QED) is 0.354. The molecule has 1 aliphatic carbocycles. The van der Waals surface area contributed by atoms with Crippen LogP contribution in [0, 0.1) is 17.3 Å². The van der Waals surface area contributed by atoms with Gasteiger partial charge >= 0.3 is 11.9 Å². The minimum Gasteiger partial charge on any atom is -0.462 e. The smallest absolute Gasteiger partial charge is 0.338 e. The molecule has 2 atom stereocenters. The molecular formula is C20H24Br2O4. The van der Waals surface area contributed by atoms with Crippen molar-refractivity contribution in [3.8, 4) is 0 Å². The lowest BCUT2D eigenvalue weighted by Gasteiger charge is -2.08. The Morgan fingerprint density at radius 2 is 1.96 bits per heavy atom. The van der Waals surface area contributed by atoms with E-state index in [9.17, 15) is 9.59 Å². The van der Waals surface area contributed by atoms with Crippen molar-refractivity contribution in [1.29, 1.82) is 0 Å². The average Bonchev–Trinajstić information content (AvgIpc) is 3.12. The molecule has 0 N–H and O–H groups in total. The topological polar surface area (TPSA) is 52.6 Å². The Bertz CT molecular complexity index is 693. The molecule has 4 nitrogen and oxygen atoms in total. The normalized spacial score (nSPS) is 20.2. The highest BCUT2D eigenvalue weighted by Gasteiger charge is 2.61. The number of hydrogen-bond donors (Lipinski definition) is 0. The highest BCUT2D eigenvalue weighted by molar-refractivity contribution is 9.28. The van der Waals surface area contributed by atoms with Gasteiger partial charge in [0.1, 0.15) is 6.61 Å². The molecule has 1 aromatic carbocycles. The number of ether oxygens (including phenoxy) is 2. The van der Waals surface area contributed by atoms with Crippen molar-refractivity contribution in [2.75, 3.05) is 6.61 Å². The predicted molar refractivity (Wildman–Crippen MR) is 108 cm³/mol. The van der Waals surface area contributed by atoms with Gasteiger partial charge in [0.2, 0.25) is 0 Å². The van der Waals surface area contributed by atoms with Crippen molar-refractivity contribution in [2.45, 2.75) is 40.2 Å². The number of carbonyl (C=O) groups excluding carboxylic acids is 2. The van der Waals surface area contributed by atoms with Crippen LogP contribution >= 0.6 is 31.9 Å². The average molecular weight is 488 g/mol. The molecule has 0 bridgehead atoms. The van der Waals surface area contributed by atoms with Gasteiger partial charge in [-0.2, -0.15) is 0 Å². The van der Waals surface area contributed by atoms with Gasteiger partial charge in [-0.15, -0.1) is 0 Å². The summed E-state index contributed by atoms with van der Waals surface area (Å²) in [5.74, 6) is -0.575. The predicted octanol–water partition coefficient (Wildman–Crippen LogP) is 5.59. The van der Waals surface area contributed by atoms with E-state index in [1.807, 2.05) is 19.1 Å². The molecule has 0 aliphatic heterocycles. The highest BCUT2D eigenvalue weighted by Crippen LogP contribution is 2.60. The van der Waals surface area contributed by atoms with E-state index in [-0.39, 0.29) is 35.8 Å². The van der Waals surface area contributed by atoms with Crippen molar-refractivity contribution in [2.24, 2.45) is 17.3 Å². The fraction of sp³-hybridized carbons (Fsp3) is 0.500. The van der Waals surface area contributed by atoms with Crippen LogP contribution in [0.2, 0.25) is 0 Å². The van der Waals surface area contributed by atoms with Crippen LogP contribution in [0.3, 0.4) is 0 Å². The molecule has 0 spiro atoms. The van der Waals surface area contributed by atoms with Crippen LogP contribution in [-0.2, 0) is 20.9 Å². The number of esters is 2. The minimum atomic E-state index is -0.345. The lowest BCUT2D eigenvalue weighted by Crippen LogP contribution is -2.11. The first-order valence-corrected chi connectivity index (χ1v) is 10.3. The molecule has 142 valence electrons. The van der Waals surface area contributed by atoms with Gasteiger partial charge in [0, 0.05) is 0 Å². The Labute approximate surface area is 171 Å². The van der Waals surface area contributed by atoms with Crippen molar-refractivity contribution < 1.29 is 19.1 Å². The zero-order valence-corrected chi connectivity index (χ0v) is 18.4. The van der Waals surface area contributed by atoms with Gasteiger partial charge in [-0.05, 0) is 67.3 Å². The lowest BCUT2D eigenvalue weighted by atomic mass is 10.1. The zero-order valence-electron chi connectivity index (χ0n) is 15.3. The summed E-state index contributed by atoms with van der Waals surface area (Å²) >= 11 is 6.69. The van der Waals surface area contributed by atoms with Crippen LogP contribution in [0.15, 0.2) is 33.7 Å². The molecule has 1 aromatic rings. The monoisotopic (exact) mass is 486 g/mol. The first-order valence-electron chi connectivity index (χ1n) is 8.73. The van der Waals surface area contributed by atoms with E-state index >= 15 is 0 Å². The van der Waals surface area contributed by atoms with Gasteiger partial charge in [-0.3, -0.25) is 4.79 Å². The number of carbonyl (C=O) groups is 2. The van der Waals surface area contributed by atoms with Crippen molar-refractivity contribution in [3.63, 3.8) is 0 Å². The summed E-state index contributed by atoms with van der Waals surface area (Å²) in [7, 11) is 0. The van der Waals surface area contributed by atoms with E-state index in [1.54, 1.807) is 18.2 Å². The van der Waals surface area contributed by atoms with Gasteiger partial charge in [0.05, 0.1) is 21.5 Å². The first kappa shape index (κ1) is 21.2. The molecule has 0 heterocycles. The van der Waals surface area contributed by atoms with E-state index in [0.29, 0.717) is 12.2 Å². The fourth-order valence-corrected chi connectivity index (χ4v) is 3.57. The number of hydrogen-bond acceptors (Lipinski definition) is 4. The van der Waals surface area contributed by atoms with Crippen LogP contribution in [0.1, 0.15) is 49.5 Å². The molecule has 26 heavy (non-hydrogen) atoms.